The van der Waals surface area contributed by atoms with Crippen molar-refractivity contribution in [2.24, 2.45) is 0 Å². The molecule has 1 aromatic heterocycles. The van der Waals surface area contributed by atoms with Crippen molar-refractivity contribution in [3.63, 3.8) is 0 Å². The van der Waals surface area contributed by atoms with Crippen molar-refractivity contribution in [3.05, 3.63) is 46.3 Å². The van der Waals surface area contributed by atoms with Crippen molar-refractivity contribution in [2.45, 2.75) is 0 Å². The van der Waals surface area contributed by atoms with Crippen molar-refractivity contribution < 1.29 is 9.53 Å². The van der Waals surface area contributed by atoms with Crippen molar-refractivity contribution in [2.75, 3.05) is 0 Å². The molecule has 7 heteroatoms. The Kier molecular flexibility index (Phi) is 4.01. The Morgan fingerprint density at radius 3 is 2.61 bits per heavy atom. The van der Waals surface area contributed by atoms with Gasteiger partial charge in [0.15, 0.2) is 5.69 Å². The third-order valence-electron chi connectivity index (χ3n) is 1.95. The first-order chi connectivity index (χ1) is 8.58. The van der Waals surface area contributed by atoms with E-state index in [1.807, 2.05) is 0 Å². The van der Waals surface area contributed by atoms with Crippen LogP contribution < -0.4 is 4.74 Å². The first-order valence-electron chi connectivity index (χ1n) is 4.71. The highest BCUT2D eigenvalue weighted by molar-refractivity contribution is 6.67. The Morgan fingerprint density at radius 1 is 1.17 bits per heavy atom. The Hall–Kier alpha value is -1.36. The van der Waals surface area contributed by atoms with E-state index in [2.05, 4.69) is 9.97 Å². The standard InChI is InChI=1S/C11H5Cl3N2O2/c12-6-1-2-7(13)8(5-6)18-11-9(10(14)17)15-3-4-16-11/h1-5H. The van der Waals surface area contributed by atoms with Crippen molar-refractivity contribution in [1.82, 2.24) is 9.97 Å². The predicted octanol–water partition coefficient (Wildman–Crippen LogP) is 3.95. The molecule has 1 aromatic carbocycles. The smallest absolute Gasteiger partial charge is 0.276 e. The van der Waals surface area contributed by atoms with Gasteiger partial charge >= 0.3 is 0 Å². The molecule has 92 valence electrons. The van der Waals surface area contributed by atoms with Gasteiger partial charge in [0.25, 0.3) is 11.1 Å². The number of nitrogens with zero attached hydrogens (tertiary/aromatic N) is 2. The van der Waals surface area contributed by atoms with Gasteiger partial charge in [0.2, 0.25) is 0 Å². The molecule has 0 spiro atoms. The Balaban J connectivity index is 2.40. The van der Waals surface area contributed by atoms with Gasteiger partial charge in [-0.2, -0.15) is 0 Å². The summed E-state index contributed by atoms with van der Waals surface area (Å²) < 4.78 is 5.39. The van der Waals surface area contributed by atoms with Gasteiger partial charge in [0.1, 0.15) is 5.75 Å². The van der Waals surface area contributed by atoms with Gasteiger partial charge in [-0.15, -0.1) is 0 Å². The highest BCUT2D eigenvalue weighted by atomic mass is 35.5. The summed E-state index contributed by atoms with van der Waals surface area (Å²) >= 11 is 17.1. The van der Waals surface area contributed by atoms with Crippen LogP contribution in [0.25, 0.3) is 0 Å². The predicted molar refractivity (Wildman–Crippen MR) is 68.8 cm³/mol. The molecule has 0 bridgehead atoms. The van der Waals surface area contributed by atoms with Gasteiger partial charge in [-0.05, 0) is 23.7 Å². The van der Waals surface area contributed by atoms with Crippen LogP contribution >= 0.6 is 34.8 Å². The largest absolute Gasteiger partial charge is 0.435 e. The molecule has 0 unspecified atom stereocenters. The molecule has 0 aliphatic carbocycles. The number of hydrogen-bond donors (Lipinski definition) is 0. The number of hydrogen-bond acceptors (Lipinski definition) is 4. The second-order valence-electron chi connectivity index (χ2n) is 3.16. The molecular weight excluding hydrogens is 298 g/mol. The average Bonchev–Trinajstić information content (AvgIpc) is 2.34. The minimum absolute atomic E-state index is 0.0262. The fourth-order valence-corrected chi connectivity index (χ4v) is 1.64. The maximum atomic E-state index is 11.1. The first kappa shape index (κ1) is 13.1. The van der Waals surface area contributed by atoms with Crippen molar-refractivity contribution in [1.29, 1.82) is 0 Å². The zero-order valence-electron chi connectivity index (χ0n) is 8.73. The van der Waals surface area contributed by atoms with Gasteiger partial charge in [-0.3, -0.25) is 4.79 Å². The molecule has 0 amide bonds. The summed E-state index contributed by atoms with van der Waals surface area (Å²) in [5.74, 6) is 0.241. The minimum Gasteiger partial charge on any atom is -0.435 e. The van der Waals surface area contributed by atoms with Crippen LogP contribution in [0.15, 0.2) is 30.6 Å². The second kappa shape index (κ2) is 5.52. The number of ether oxygens (including phenoxy) is 1. The molecule has 0 aliphatic heterocycles. The van der Waals surface area contributed by atoms with Gasteiger partial charge < -0.3 is 4.74 Å². The molecule has 0 saturated heterocycles. The molecule has 2 rings (SSSR count). The van der Waals surface area contributed by atoms with Crippen LogP contribution in [0.1, 0.15) is 10.5 Å². The molecule has 18 heavy (non-hydrogen) atoms. The second-order valence-corrected chi connectivity index (χ2v) is 4.35. The lowest BCUT2D eigenvalue weighted by atomic mass is 10.3. The monoisotopic (exact) mass is 302 g/mol. The maximum absolute atomic E-state index is 11.1. The van der Waals surface area contributed by atoms with Crippen LogP contribution in [-0.4, -0.2) is 15.2 Å². The molecule has 0 saturated carbocycles. The van der Waals surface area contributed by atoms with Crippen LogP contribution in [-0.2, 0) is 0 Å². The fourth-order valence-electron chi connectivity index (χ4n) is 1.19. The molecule has 0 atom stereocenters. The van der Waals surface area contributed by atoms with Gasteiger partial charge in [-0.25, -0.2) is 9.97 Å². The Morgan fingerprint density at radius 2 is 1.89 bits per heavy atom. The quantitative estimate of drug-likeness (QED) is 0.806. The topological polar surface area (TPSA) is 52.1 Å². The molecule has 2 aromatic rings. The van der Waals surface area contributed by atoms with Crippen molar-refractivity contribution in [3.8, 4) is 11.6 Å². The zero-order chi connectivity index (χ0) is 13.1. The first-order valence-corrected chi connectivity index (χ1v) is 5.85. The molecule has 4 nitrogen and oxygen atoms in total. The van der Waals surface area contributed by atoms with E-state index in [9.17, 15) is 4.79 Å². The van der Waals surface area contributed by atoms with E-state index in [0.29, 0.717) is 10.0 Å². The van der Waals surface area contributed by atoms with E-state index in [1.54, 1.807) is 12.1 Å². The van der Waals surface area contributed by atoms with E-state index in [0.717, 1.165) is 0 Å². The minimum atomic E-state index is -0.767. The van der Waals surface area contributed by atoms with Crippen LogP contribution in [0, 0.1) is 0 Å². The lowest BCUT2D eigenvalue weighted by Gasteiger charge is -2.08. The molecule has 0 radical (unpaired) electrons. The molecule has 1 heterocycles. The average molecular weight is 304 g/mol. The van der Waals surface area contributed by atoms with Crippen LogP contribution in [0.4, 0.5) is 0 Å². The lowest BCUT2D eigenvalue weighted by Crippen LogP contribution is -2.00. The number of benzene rings is 1. The van der Waals surface area contributed by atoms with Crippen molar-refractivity contribution >= 4 is 40.0 Å². The third-order valence-corrected chi connectivity index (χ3v) is 2.68. The van der Waals surface area contributed by atoms with Crippen LogP contribution in [0.2, 0.25) is 10.0 Å². The molecule has 0 N–H and O–H groups in total. The number of carbonyl (C=O) groups excluding carboxylic acids is 1. The molecular formula is C11H5Cl3N2O2. The number of halogens is 3. The SMILES string of the molecule is O=C(Cl)c1nccnc1Oc1cc(Cl)ccc1Cl. The maximum Gasteiger partial charge on any atom is 0.276 e. The summed E-state index contributed by atoms with van der Waals surface area (Å²) in [5, 5.41) is 0.00585. The van der Waals surface area contributed by atoms with E-state index < -0.39 is 5.24 Å². The number of aromatic nitrogens is 2. The summed E-state index contributed by atoms with van der Waals surface area (Å²) in [7, 11) is 0. The van der Waals surface area contributed by atoms with E-state index in [1.165, 1.54) is 18.5 Å². The van der Waals surface area contributed by atoms with Gasteiger partial charge in [0.05, 0.1) is 5.02 Å². The Labute approximate surface area is 117 Å². The highest BCUT2D eigenvalue weighted by Gasteiger charge is 2.15. The number of carbonyl (C=O) groups is 1. The van der Waals surface area contributed by atoms with E-state index in [4.69, 9.17) is 39.5 Å². The summed E-state index contributed by atoms with van der Waals surface area (Å²) in [6, 6.07) is 4.68. The van der Waals surface area contributed by atoms with E-state index >= 15 is 0 Å². The summed E-state index contributed by atoms with van der Waals surface area (Å²) in [6.45, 7) is 0. The highest BCUT2D eigenvalue weighted by Crippen LogP contribution is 2.32. The number of rotatable bonds is 3. The van der Waals surface area contributed by atoms with E-state index in [-0.39, 0.29) is 17.3 Å². The third kappa shape index (κ3) is 2.90. The Bertz CT molecular complexity index is 605. The van der Waals surface area contributed by atoms with Crippen LogP contribution in [0.5, 0.6) is 11.6 Å². The van der Waals surface area contributed by atoms with Gasteiger partial charge in [-0.1, -0.05) is 23.2 Å². The normalized spacial score (nSPS) is 10.2. The summed E-state index contributed by atoms with van der Waals surface area (Å²) in [6.07, 6.45) is 2.71. The lowest BCUT2D eigenvalue weighted by molar-refractivity contribution is 0.107. The molecule has 0 aliphatic rings. The fraction of sp³-hybridized carbons (Fsp3) is 0. The van der Waals surface area contributed by atoms with Crippen LogP contribution in [0.3, 0.4) is 0 Å². The van der Waals surface area contributed by atoms with Gasteiger partial charge in [0, 0.05) is 23.5 Å². The summed E-state index contributed by atoms with van der Waals surface area (Å²) in [5.41, 5.74) is -0.0878. The molecule has 0 fully saturated rings. The zero-order valence-corrected chi connectivity index (χ0v) is 11.0. The summed E-state index contributed by atoms with van der Waals surface area (Å²) in [4.78, 5) is 18.8.